The van der Waals surface area contributed by atoms with Gasteiger partial charge in [0.05, 0.1) is 5.60 Å². The van der Waals surface area contributed by atoms with E-state index in [0.29, 0.717) is 11.7 Å². The normalized spacial score (nSPS) is 20.2. The summed E-state index contributed by atoms with van der Waals surface area (Å²) in [6, 6.07) is 3.95. The Balaban J connectivity index is 1.93. The van der Waals surface area contributed by atoms with E-state index in [0.717, 1.165) is 24.8 Å². The molecule has 0 radical (unpaired) electrons. The highest BCUT2D eigenvalue weighted by Gasteiger charge is 2.34. The van der Waals surface area contributed by atoms with E-state index in [2.05, 4.69) is 10.3 Å². The lowest BCUT2D eigenvalue weighted by molar-refractivity contribution is -0.0329. The van der Waals surface area contributed by atoms with Crippen molar-refractivity contribution in [3.63, 3.8) is 0 Å². The SMILES string of the molecule is CC(NCC1(O)CCC1)c1cccnc1Cl. The van der Waals surface area contributed by atoms with Crippen LogP contribution in [0.25, 0.3) is 0 Å². The van der Waals surface area contributed by atoms with Gasteiger partial charge in [-0.25, -0.2) is 4.98 Å². The van der Waals surface area contributed by atoms with Crippen LogP contribution in [0.15, 0.2) is 18.3 Å². The van der Waals surface area contributed by atoms with E-state index in [9.17, 15) is 5.11 Å². The van der Waals surface area contributed by atoms with Gasteiger partial charge in [-0.15, -0.1) is 0 Å². The Morgan fingerprint density at radius 1 is 1.62 bits per heavy atom. The predicted molar refractivity (Wildman–Crippen MR) is 64.5 cm³/mol. The first-order chi connectivity index (χ1) is 7.61. The van der Waals surface area contributed by atoms with Gasteiger partial charge in [-0.2, -0.15) is 0 Å². The topological polar surface area (TPSA) is 45.1 Å². The third kappa shape index (κ3) is 2.54. The van der Waals surface area contributed by atoms with Crippen molar-refractivity contribution in [2.75, 3.05) is 6.54 Å². The van der Waals surface area contributed by atoms with Gasteiger partial charge in [-0.05, 0) is 32.3 Å². The van der Waals surface area contributed by atoms with E-state index >= 15 is 0 Å². The lowest BCUT2D eigenvalue weighted by Gasteiger charge is -2.37. The molecule has 88 valence electrons. The number of nitrogens with zero attached hydrogens (tertiary/aromatic N) is 1. The molecule has 1 aliphatic carbocycles. The Morgan fingerprint density at radius 3 is 2.94 bits per heavy atom. The first kappa shape index (κ1) is 11.8. The van der Waals surface area contributed by atoms with E-state index in [4.69, 9.17) is 11.6 Å². The minimum atomic E-state index is -0.497. The van der Waals surface area contributed by atoms with Crippen molar-refractivity contribution >= 4 is 11.6 Å². The summed E-state index contributed by atoms with van der Waals surface area (Å²) in [5, 5.41) is 13.8. The van der Waals surface area contributed by atoms with Crippen molar-refractivity contribution in [3.05, 3.63) is 29.0 Å². The second-order valence-electron chi connectivity index (χ2n) is 4.56. The number of aliphatic hydroxyl groups is 1. The minimum Gasteiger partial charge on any atom is -0.389 e. The maximum Gasteiger partial charge on any atom is 0.133 e. The van der Waals surface area contributed by atoms with Crippen LogP contribution >= 0.6 is 11.6 Å². The summed E-state index contributed by atoms with van der Waals surface area (Å²) in [5.41, 5.74) is 0.482. The summed E-state index contributed by atoms with van der Waals surface area (Å²) >= 11 is 6.00. The van der Waals surface area contributed by atoms with Crippen LogP contribution in [-0.4, -0.2) is 22.2 Å². The second-order valence-corrected chi connectivity index (χ2v) is 4.92. The third-order valence-corrected chi connectivity index (χ3v) is 3.59. The van der Waals surface area contributed by atoms with Crippen LogP contribution in [0.4, 0.5) is 0 Å². The molecule has 0 bridgehead atoms. The van der Waals surface area contributed by atoms with Crippen LogP contribution in [0.3, 0.4) is 0 Å². The van der Waals surface area contributed by atoms with Gasteiger partial charge in [0.15, 0.2) is 0 Å². The molecule has 1 aliphatic rings. The molecule has 1 fully saturated rings. The van der Waals surface area contributed by atoms with Gasteiger partial charge in [0.25, 0.3) is 0 Å². The highest BCUT2D eigenvalue weighted by molar-refractivity contribution is 6.30. The number of hydrogen-bond donors (Lipinski definition) is 2. The Morgan fingerprint density at radius 2 is 2.38 bits per heavy atom. The summed E-state index contributed by atoms with van der Waals surface area (Å²) in [6.45, 7) is 2.66. The number of pyridine rings is 1. The number of halogens is 1. The molecule has 0 amide bonds. The molecule has 1 heterocycles. The molecule has 1 unspecified atom stereocenters. The van der Waals surface area contributed by atoms with Gasteiger partial charge in [-0.1, -0.05) is 17.7 Å². The van der Waals surface area contributed by atoms with Gasteiger partial charge in [0.1, 0.15) is 5.15 Å². The molecule has 2 rings (SSSR count). The molecule has 0 saturated heterocycles. The molecule has 2 N–H and O–H groups in total. The fourth-order valence-electron chi connectivity index (χ4n) is 1.94. The van der Waals surface area contributed by atoms with Crippen LogP contribution in [0.5, 0.6) is 0 Å². The third-order valence-electron chi connectivity index (χ3n) is 3.28. The summed E-state index contributed by atoms with van der Waals surface area (Å²) < 4.78 is 0. The monoisotopic (exact) mass is 240 g/mol. The molecule has 1 aromatic rings. The van der Waals surface area contributed by atoms with Gasteiger partial charge >= 0.3 is 0 Å². The Bertz CT molecular complexity index is 366. The fourth-order valence-corrected chi connectivity index (χ4v) is 2.22. The van der Waals surface area contributed by atoms with Crippen molar-refractivity contribution in [2.45, 2.75) is 37.8 Å². The summed E-state index contributed by atoms with van der Waals surface area (Å²) in [6.07, 6.45) is 4.60. The highest BCUT2D eigenvalue weighted by atomic mass is 35.5. The molecule has 4 heteroatoms. The molecule has 1 saturated carbocycles. The molecular weight excluding hydrogens is 224 g/mol. The zero-order valence-corrected chi connectivity index (χ0v) is 10.2. The summed E-state index contributed by atoms with van der Waals surface area (Å²) in [4.78, 5) is 4.04. The van der Waals surface area contributed by atoms with Crippen LogP contribution < -0.4 is 5.32 Å². The van der Waals surface area contributed by atoms with Gasteiger partial charge < -0.3 is 10.4 Å². The minimum absolute atomic E-state index is 0.117. The zero-order chi connectivity index (χ0) is 11.6. The lowest BCUT2D eigenvalue weighted by Crippen LogP contribution is -2.46. The smallest absolute Gasteiger partial charge is 0.133 e. The van der Waals surface area contributed by atoms with Crippen LogP contribution in [0.1, 0.15) is 37.8 Å². The van der Waals surface area contributed by atoms with Crippen molar-refractivity contribution in [3.8, 4) is 0 Å². The average molecular weight is 241 g/mol. The van der Waals surface area contributed by atoms with E-state index in [1.165, 1.54) is 0 Å². The first-order valence-corrected chi connectivity index (χ1v) is 6.05. The molecule has 16 heavy (non-hydrogen) atoms. The number of hydrogen-bond acceptors (Lipinski definition) is 3. The Kier molecular flexibility index (Phi) is 3.47. The molecule has 3 nitrogen and oxygen atoms in total. The van der Waals surface area contributed by atoms with Crippen LogP contribution in [0, 0.1) is 0 Å². The standard InChI is InChI=1S/C12H17ClN2O/c1-9(10-4-2-7-14-11(10)13)15-8-12(16)5-3-6-12/h2,4,7,9,15-16H,3,5-6,8H2,1H3. The second kappa shape index (κ2) is 4.70. The zero-order valence-electron chi connectivity index (χ0n) is 9.41. The molecule has 1 aromatic heterocycles. The Labute approximate surface area is 101 Å². The molecular formula is C12H17ClN2O. The van der Waals surface area contributed by atoms with E-state index in [-0.39, 0.29) is 6.04 Å². The van der Waals surface area contributed by atoms with Crippen molar-refractivity contribution in [1.29, 1.82) is 0 Å². The largest absolute Gasteiger partial charge is 0.389 e. The van der Waals surface area contributed by atoms with Crippen molar-refractivity contribution in [1.82, 2.24) is 10.3 Å². The van der Waals surface area contributed by atoms with Gasteiger partial charge in [0, 0.05) is 24.3 Å². The molecule has 0 aliphatic heterocycles. The molecule has 0 aromatic carbocycles. The summed E-state index contributed by atoms with van der Waals surface area (Å²) in [5.74, 6) is 0. The van der Waals surface area contributed by atoms with Crippen molar-refractivity contribution in [2.24, 2.45) is 0 Å². The highest BCUT2D eigenvalue weighted by Crippen LogP contribution is 2.31. The quantitative estimate of drug-likeness (QED) is 0.794. The lowest BCUT2D eigenvalue weighted by atomic mass is 9.80. The first-order valence-electron chi connectivity index (χ1n) is 5.67. The van der Waals surface area contributed by atoms with Crippen LogP contribution in [-0.2, 0) is 0 Å². The molecule has 0 spiro atoms. The van der Waals surface area contributed by atoms with Crippen LogP contribution in [0.2, 0.25) is 5.15 Å². The van der Waals surface area contributed by atoms with Crippen molar-refractivity contribution < 1.29 is 5.11 Å². The van der Waals surface area contributed by atoms with E-state index in [1.54, 1.807) is 6.20 Å². The number of aromatic nitrogens is 1. The van der Waals surface area contributed by atoms with Gasteiger partial charge in [0.2, 0.25) is 0 Å². The Hall–Kier alpha value is -0.640. The van der Waals surface area contributed by atoms with E-state index < -0.39 is 5.60 Å². The van der Waals surface area contributed by atoms with E-state index in [1.807, 2.05) is 19.1 Å². The number of rotatable bonds is 4. The predicted octanol–water partition coefficient (Wildman–Crippen LogP) is 2.30. The maximum absolute atomic E-state index is 9.96. The summed E-state index contributed by atoms with van der Waals surface area (Å²) in [7, 11) is 0. The number of nitrogens with one attached hydrogen (secondary N) is 1. The fraction of sp³-hybridized carbons (Fsp3) is 0.583. The van der Waals surface area contributed by atoms with Gasteiger partial charge in [-0.3, -0.25) is 0 Å². The molecule has 1 atom stereocenters. The maximum atomic E-state index is 9.96. The average Bonchev–Trinajstić information content (AvgIpc) is 2.24.